The molecule has 0 fully saturated rings. The van der Waals surface area contributed by atoms with Crippen LogP contribution in [0.4, 0.5) is 0 Å². The topological polar surface area (TPSA) is 48.0 Å². The maximum absolute atomic E-state index is 12.1. The Bertz CT molecular complexity index is 667. The molecule has 0 amide bonds. The van der Waals surface area contributed by atoms with E-state index in [9.17, 15) is 4.79 Å². The molecule has 1 aromatic heterocycles. The molecule has 0 atom stereocenters. The van der Waals surface area contributed by atoms with E-state index in [0.717, 1.165) is 10.9 Å². The van der Waals surface area contributed by atoms with Gasteiger partial charge in [0.2, 0.25) is 0 Å². The molecule has 2 N–H and O–H groups in total. The maximum atomic E-state index is 12.1. The average Bonchev–Trinajstić information content (AvgIpc) is 2.56. The minimum absolute atomic E-state index is 0.211. The van der Waals surface area contributed by atoms with Gasteiger partial charge in [-0.25, -0.2) is 4.68 Å². The molecule has 0 spiro atoms. The first-order valence-corrected chi connectivity index (χ1v) is 7.38. The molecular weight excluding hydrogens is 260 g/mol. The number of nitrogens with zero attached hydrogens (tertiary/aromatic N) is 1. The van der Waals surface area contributed by atoms with Crippen LogP contribution in [0.3, 0.4) is 0 Å². The Morgan fingerprint density at radius 2 is 1.67 bits per heavy atom. The number of nitrogens with two attached hydrogens (primary N) is 1. The second-order valence-corrected chi connectivity index (χ2v) is 3.72. The molecular formula is C18H26N2O. The molecule has 21 heavy (non-hydrogen) atoms. The van der Waals surface area contributed by atoms with Crippen LogP contribution in [0.2, 0.25) is 0 Å². The van der Waals surface area contributed by atoms with E-state index in [0.29, 0.717) is 11.1 Å². The van der Waals surface area contributed by atoms with Crippen molar-refractivity contribution in [2.75, 3.05) is 5.84 Å². The van der Waals surface area contributed by atoms with Crippen molar-refractivity contribution in [2.24, 2.45) is 0 Å². The summed E-state index contributed by atoms with van der Waals surface area (Å²) in [6, 6.07) is 7.53. The lowest BCUT2D eigenvalue weighted by Gasteiger charge is -2.10. The molecule has 3 nitrogen and oxygen atoms in total. The van der Waals surface area contributed by atoms with E-state index < -0.39 is 0 Å². The summed E-state index contributed by atoms with van der Waals surface area (Å²) in [6.45, 7) is 13.6. The van der Waals surface area contributed by atoms with Crippen LogP contribution in [0.1, 0.15) is 45.7 Å². The van der Waals surface area contributed by atoms with Crippen LogP contribution in [0.5, 0.6) is 0 Å². The van der Waals surface area contributed by atoms with E-state index in [1.165, 1.54) is 4.68 Å². The SMILES string of the molecule is C=Cc1c(/C=C\C)c(=O)n(N)c2ccccc12.CC.CC. The zero-order valence-corrected chi connectivity index (χ0v) is 13.7. The first kappa shape index (κ1) is 18.7. The van der Waals surface area contributed by atoms with Gasteiger partial charge in [-0.15, -0.1) is 0 Å². The van der Waals surface area contributed by atoms with Gasteiger partial charge in [0.15, 0.2) is 0 Å². The average molecular weight is 286 g/mol. The molecule has 0 aliphatic carbocycles. The Morgan fingerprint density at radius 3 is 2.19 bits per heavy atom. The van der Waals surface area contributed by atoms with Crippen molar-refractivity contribution in [3.05, 3.63) is 58.4 Å². The van der Waals surface area contributed by atoms with Gasteiger partial charge in [0.05, 0.1) is 5.52 Å². The van der Waals surface area contributed by atoms with Gasteiger partial charge in [0.1, 0.15) is 0 Å². The number of nitrogen functional groups attached to an aromatic ring is 1. The molecule has 114 valence electrons. The van der Waals surface area contributed by atoms with Crippen LogP contribution in [0.25, 0.3) is 23.1 Å². The number of allylic oxidation sites excluding steroid dienone is 1. The van der Waals surface area contributed by atoms with Crippen molar-refractivity contribution in [3.63, 3.8) is 0 Å². The highest BCUT2D eigenvalue weighted by Gasteiger charge is 2.10. The van der Waals surface area contributed by atoms with Gasteiger partial charge >= 0.3 is 0 Å². The highest BCUT2D eigenvalue weighted by Crippen LogP contribution is 2.20. The minimum Gasteiger partial charge on any atom is -0.336 e. The van der Waals surface area contributed by atoms with Crippen molar-refractivity contribution in [2.45, 2.75) is 34.6 Å². The summed E-state index contributed by atoms with van der Waals surface area (Å²) in [5.41, 5.74) is 1.89. The van der Waals surface area contributed by atoms with E-state index in [4.69, 9.17) is 5.84 Å². The number of para-hydroxylation sites is 1. The minimum atomic E-state index is -0.211. The fraction of sp³-hybridized carbons (Fsp3) is 0.278. The van der Waals surface area contributed by atoms with Crippen LogP contribution in [0.15, 0.2) is 41.7 Å². The van der Waals surface area contributed by atoms with E-state index in [-0.39, 0.29) is 5.56 Å². The van der Waals surface area contributed by atoms with E-state index >= 15 is 0 Å². The number of aromatic nitrogens is 1. The number of hydrogen-bond donors (Lipinski definition) is 1. The molecule has 1 aromatic carbocycles. The molecule has 0 saturated carbocycles. The normalized spacial score (nSPS) is 9.57. The quantitative estimate of drug-likeness (QED) is 0.829. The van der Waals surface area contributed by atoms with Crippen LogP contribution in [-0.4, -0.2) is 4.68 Å². The number of hydrogen-bond acceptors (Lipinski definition) is 2. The fourth-order valence-electron chi connectivity index (χ4n) is 1.96. The molecule has 2 rings (SSSR count). The third-order valence-corrected chi connectivity index (χ3v) is 2.73. The van der Waals surface area contributed by atoms with Gasteiger partial charge < -0.3 is 5.84 Å². The summed E-state index contributed by atoms with van der Waals surface area (Å²) in [4.78, 5) is 12.1. The molecule has 2 aromatic rings. The predicted octanol–water partition coefficient (Wildman–Crippen LogP) is 4.44. The van der Waals surface area contributed by atoms with Crippen molar-refractivity contribution in [3.8, 4) is 0 Å². The van der Waals surface area contributed by atoms with Crippen LogP contribution in [-0.2, 0) is 0 Å². The third-order valence-electron chi connectivity index (χ3n) is 2.73. The summed E-state index contributed by atoms with van der Waals surface area (Å²) in [5, 5.41) is 0.928. The van der Waals surface area contributed by atoms with Gasteiger partial charge in [0.25, 0.3) is 5.56 Å². The van der Waals surface area contributed by atoms with Gasteiger partial charge in [-0.3, -0.25) is 4.79 Å². The van der Waals surface area contributed by atoms with Crippen LogP contribution >= 0.6 is 0 Å². The Balaban J connectivity index is 0.000000921. The summed E-state index contributed by atoms with van der Waals surface area (Å²) in [7, 11) is 0. The Morgan fingerprint density at radius 1 is 1.10 bits per heavy atom. The molecule has 0 bridgehead atoms. The first-order chi connectivity index (χ1) is 10.2. The lowest BCUT2D eigenvalue weighted by molar-refractivity contribution is 0.982. The van der Waals surface area contributed by atoms with Gasteiger partial charge in [-0.1, -0.05) is 70.7 Å². The summed E-state index contributed by atoms with van der Waals surface area (Å²) < 4.78 is 1.18. The zero-order valence-electron chi connectivity index (χ0n) is 13.7. The summed E-state index contributed by atoms with van der Waals surface area (Å²) in [5.74, 6) is 5.81. The van der Waals surface area contributed by atoms with Gasteiger partial charge in [-0.05, 0) is 18.6 Å². The first-order valence-electron chi connectivity index (χ1n) is 7.38. The molecule has 1 heterocycles. The van der Waals surface area contributed by atoms with Crippen molar-refractivity contribution in [1.82, 2.24) is 4.68 Å². The van der Waals surface area contributed by atoms with Crippen LogP contribution in [0, 0.1) is 0 Å². The summed E-state index contributed by atoms with van der Waals surface area (Å²) in [6.07, 6.45) is 5.27. The smallest absolute Gasteiger partial charge is 0.277 e. The molecule has 0 saturated heterocycles. The highest BCUT2D eigenvalue weighted by molar-refractivity contribution is 5.91. The van der Waals surface area contributed by atoms with Gasteiger partial charge in [-0.2, -0.15) is 0 Å². The zero-order chi connectivity index (χ0) is 16.4. The Hall–Kier alpha value is -2.29. The van der Waals surface area contributed by atoms with E-state index in [2.05, 4.69) is 6.58 Å². The number of benzene rings is 1. The lowest BCUT2D eigenvalue weighted by Crippen LogP contribution is -2.29. The van der Waals surface area contributed by atoms with Crippen molar-refractivity contribution in [1.29, 1.82) is 0 Å². The monoisotopic (exact) mass is 286 g/mol. The number of pyridine rings is 1. The Labute approximate surface area is 127 Å². The molecule has 0 unspecified atom stereocenters. The second-order valence-electron chi connectivity index (χ2n) is 3.72. The number of fused-ring (bicyclic) bond motifs is 1. The van der Waals surface area contributed by atoms with E-state index in [1.807, 2.05) is 65.0 Å². The standard InChI is InChI=1S/C14H14N2O.2C2H6/c1-3-7-12-10(4-2)11-8-5-6-9-13(11)16(15)14(12)17;2*1-2/h3-9H,2,15H2,1H3;2*1-2H3/b7-3-;;. The van der Waals surface area contributed by atoms with Gasteiger partial charge in [0, 0.05) is 10.9 Å². The van der Waals surface area contributed by atoms with Crippen molar-refractivity contribution >= 4 is 23.1 Å². The lowest BCUT2D eigenvalue weighted by atomic mass is 10.0. The summed E-state index contributed by atoms with van der Waals surface area (Å²) >= 11 is 0. The number of rotatable bonds is 2. The second kappa shape index (κ2) is 9.59. The van der Waals surface area contributed by atoms with E-state index in [1.54, 1.807) is 12.2 Å². The maximum Gasteiger partial charge on any atom is 0.277 e. The highest BCUT2D eigenvalue weighted by atomic mass is 16.1. The molecule has 0 radical (unpaired) electrons. The van der Waals surface area contributed by atoms with Crippen molar-refractivity contribution < 1.29 is 0 Å². The third kappa shape index (κ3) is 3.85. The molecule has 0 aliphatic rings. The molecule has 0 aliphatic heterocycles. The Kier molecular flexibility index (Phi) is 8.54. The largest absolute Gasteiger partial charge is 0.336 e. The van der Waals surface area contributed by atoms with Crippen LogP contribution < -0.4 is 11.4 Å². The fourth-order valence-corrected chi connectivity index (χ4v) is 1.96. The predicted molar refractivity (Wildman–Crippen MR) is 95.9 cm³/mol. The molecule has 3 heteroatoms.